The minimum atomic E-state index is -3.63. The third-order valence-corrected chi connectivity index (χ3v) is 4.86. The third kappa shape index (κ3) is 29.5. The molecule has 0 aromatic heterocycles. The molecule has 0 spiro atoms. The van der Waals surface area contributed by atoms with Gasteiger partial charge in [0.2, 0.25) is 0 Å². The van der Waals surface area contributed by atoms with Gasteiger partial charge in [-0.2, -0.15) is 0 Å². The molecule has 0 saturated carbocycles. The molecule has 16 heavy (non-hydrogen) atoms. The van der Waals surface area contributed by atoms with E-state index in [9.17, 15) is 0 Å². The summed E-state index contributed by atoms with van der Waals surface area (Å²) in [4.78, 5) is 17.0. The predicted molar refractivity (Wildman–Crippen MR) is 70.8 cm³/mol. The van der Waals surface area contributed by atoms with E-state index < -0.39 is 8.25 Å². The van der Waals surface area contributed by atoms with Crippen LogP contribution >= 0.6 is 16.2 Å². The molecule has 0 aliphatic rings. The Kier molecular flexibility index (Phi) is 35.0. The van der Waals surface area contributed by atoms with Crippen LogP contribution in [-0.4, -0.2) is 47.0 Å². The number of hydrogen-bond donors (Lipinski definition) is 0. The first kappa shape index (κ1) is 26.0. The Hall–Kier alpha value is 1.31. The van der Waals surface area contributed by atoms with Crippen LogP contribution in [0.15, 0.2) is 0 Å². The molecule has 96 valence electrons. The van der Waals surface area contributed by atoms with Crippen molar-refractivity contribution in [2.45, 2.75) is 40.0 Å². The quantitative estimate of drug-likeness (QED) is 0.527. The molecule has 0 heterocycles. The number of rotatable bonds is 6. The fourth-order valence-corrected chi connectivity index (χ4v) is 3.85. The summed E-state index contributed by atoms with van der Waals surface area (Å²) in [6, 6.07) is 0. The van der Waals surface area contributed by atoms with Gasteiger partial charge in [0, 0.05) is 0 Å². The minimum Gasteiger partial charge on any atom is -0.813 e. The molecule has 0 unspecified atom stereocenters. The molecule has 0 aliphatic heterocycles. The van der Waals surface area contributed by atoms with E-state index in [1.54, 1.807) is 0 Å². The first-order valence-electron chi connectivity index (χ1n) is 5.18. The molecule has 0 saturated heterocycles. The summed E-state index contributed by atoms with van der Waals surface area (Å²) in [6.45, 7) is 6.92. The van der Waals surface area contributed by atoms with Gasteiger partial charge in [-0.05, 0) is 18.5 Å². The van der Waals surface area contributed by atoms with Crippen molar-refractivity contribution in [3.05, 3.63) is 0 Å². The Morgan fingerprint density at radius 2 is 1.12 bits per heavy atom. The Labute approximate surface area is 117 Å². The van der Waals surface area contributed by atoms with Crippen LogP contribution in [0.5, 0.6) is 0 Å². The third-order valence-electron chi connectivity index (χ3n) is 1.62. The van der Waals surface area contributed by atoms with Crippen LogP contribution in [0.1, 0.15) is 40.0 Å². The van der Waals surface area contributed by atoms with Crippen LogP contribution in [0.3, 0.4) is 0 Å². The molecular weight excluding hydrogens is 258 g/mol. The van der Waals surface area contributed by atoms with E-state index in [1.807, 2.05) is 0 Å². The molecule has 0 bridgehead atoms. The maximum Gasteiger partial charge on any atom is 2.00 e. The van der Waals surface area contributed by atoms with Crippen LogP contribution in [-0.2, 0) is 4.57 Å². The summed E-state index contributed by atoms with van der Waals surface area (Å²) in [5, 5.41) is 0. The van der Waals surface area contributed by atoms with Gasteiger partial charge in [-0.3, -0.25) is 0 Å². The zero-order valence-corrected chi connectivity index (χ0v) is 13.9. The normalized spacial score (nSPS) is 8.94. The van der Waals surface area contributed by atoms with E-state index in [2.05, 4.69) is 20.8 Å². The van der Waals surface area contributed by atoms with Crippen LogP contribution in [0.25, 0.3) is 0 Å². The average Bonchev–Trinajstić information content (AvgIpc) is 2.04. The van der Waals surface area contributed by atoms with Gasteiger partial charge in [-0.25, -0.2) is 0 Å². The summed E-state index contributed by atoms with van der Waals surface area (Å²) in [5.41, 5.74) is 0. The van der Waals surface area contributed by atoms with Crippen molar-refractivity contribution < 1.29 is 19.8 Å². The Balaban J connectivity index is -0.000000105. The van der Waals surface area contributed by atoms with Crippen molar-refractivity contribution in [2.75, 3.05) is 18.5 Å². The van der Waals surface area contributed by atoms with Gasteiger partial charge in [0.25, 0.3) is 0 Å². The summed E-state index contributed by atoms with van der Waals surface area (Å²) in [5.74, 6) is 0. The van der Waals surface area contributed by atoms with E-state index in [4.69, 9.17) is 14.4 Å². The van der Waals surface area contributed by atoms with Gasteiger partial charge in [-0.15, -0.1) is 7.92 Å². The second-order valence-electron chi connectivity index (χ2n) is 3.09. The molecular formula is C9H24MgO4P2. The minimum absolute atomic E-state index is 0. The molecule has 0 atom stereocenters. The van der Waals surface area contributed by atoms with Gasteiger partial charge in [0.15, 0.2) is 0 Å². The zero-order chi connectivity index (χ0) is 11.4. The molecule has 0 rings (SSSR count). The first-order valence-corrected chi connectivity index (χ1v) is 8.30. The van der Waals surface area contributed by atoms with Crippen molar-refractivity contribution in [3.8, 4) is 0 Å². The molecule has 7 heteroatoms. The average molecular weight is 283 g/mol. The Morgan fingerprint density at radius 3 is 1.25 bits per heavy atom. The van der Waals surface area contributed by atoms with Crippen molar-refractivity contribution in [1.82, 2.24) is 0 Å². The van der Waals surface area contributed by atoms with E-state index in [0.29, 0.717) is 7.92 Å². The number of hydrogen-bond acceptors (Lipinski definition) is 3. The molecule has 0 radical (unpaired) electrons. The van der Waals surface area contributed by atoms with Crippen LogP contribution in [0.2, 0.25) is 0 Å². The standard InChI is InChI=1S/C9H21P.Mg.H3O3P.H2O/c1-4-7-10(8-5-2)9-6-3;;1-4(2)3;/h4-9H2,1-3H3;;4H,(H2,1,2,3);1H2/q;+2;;/p-2. The smallest absolute Gasteiger partial charge is 0.813 e. The van der Waals surface area contributed by atoms with E-state index in [1.165, 1.54) is 37.7 Å². The van der Waals surface area contributed by atoms with Crippen molar-refractivity contribution >= 4 is 39.2 Å². The summed E-state index contributed by atoms with van der Waals surface area (Å²) in [6.07, 6.45) is 8.72. The Bertz CT molecular complexity index is 120. The fraction of sp³-hybridized carbons (Fsp3) is 1.00. The van der Waals surface area contributed by atoms with Gasteiger partial charge in [-0.1, -0.05) is 48.3 Å². The fourth-order valence-electron chi connectivity index (χ4n) is 1.28. The second kappa shape index (κ2) is 21.6. The maximum absolute atomic E-state index is 8.52. The maximum atomic E-state index is 8.52. The second-order valence-corrected chi connectivity index (χ2v) is 6.27. The zero-order valence-electron chi connectivity index (χ0n) is 10.6. The monoisotopic (exact) mass is 282 g/mol. The predicted octanol–water partition coefficient (Wildman–Crippen LogP) is 0.589. The summed E-state index contributed by atoms with van der Waals surface area (Å²) < 4.78 is 8.52. The summed E-state index contributed by atoms with van der Waals surface area (Å²) >= 11 is 0. The van der Waals surface area contributed by atoms with Crippen molar-refractivity contribution in [1.29, 1.82) is 0 Å². The Morgan fingerprint density at radius 1 is 0.938 bits per heavy atom. The van der Waals surface area contributed by atoms with Gasteiger partial charge in [0.05, 0.1) is 0 Å². The van der Waals surface area contributed by atoms with Crippen LogP contribution < -0.4 is 9.79 Å². The molecule has 0 fully saturated rings. The molecule has 0 amide bonds. The molecule has 0 aliphatic carbocycles. The van der Waals surface area contributed by atoms with Crippen molar-refractivity contribution in [3.63, 3.8) is 0 Å². The van der Waals surface area contributed by atoms with Gasteiger partial charge < -0.3 is 19.8 Å². The van der Waals surface area contributed by atoms with Gasteiger partial charge in [0.1, 0.15) is 0 Å². The van der Waals surface area contributed by atoms with E-state index in [-0.39, 0.29) is 28.5 Å². The van der Waals surface area contributed by atoms with Crippen molar-refractivity contribution in [2.24, 2.45) is 0 Å². The van der Waals surface area contributed by atoms with Crippen LogP contribution in [0.4, 0.5) is 0 Å². The van der Waals surface area contributed by atoms with E-state index in [0.717, 1.165) is 0 Å². The van der Waals surface area contributed by atoms with Crippen LogP contribution in [0, 0.1) is 0 Å². The molecule has 4 nitrogen and oxygen atoms in total. The van der Waals surface area contributed by atoms with E-state index >= 15 is 0 Å². The SMILES string of the molecule is CCCP(CCC)CCC.O.O=[PH]([O-])[O-].[Mg+2]. The molecule has 2 N–H and O–H groups in total. The van der Waals surface area contributed by atoms with Gasteiger partial charge >= 0.3 is 23.1 Å². The molecule has 0 aromatic carbocycles. The topological polar surface area (TPSA) is 94.7 Å². The largest absolute Gasteiger partial charge is 2.00 e. The molecule has 0 aromatic rings. The first-order chi connectivity index (χ1) is 6.58. The summed E-state index contributed by atoms with van der Waals surface area (Å²) in [7, 11) is -3.19.